The molecule has 45 heavy (non-hydrogen) atoms. The maximum Gasteiger partial charge on any atom is 0.264 e. The largest absolute Gasteiger partial charge is 0.476 e. The zero-order valence-electron chi connectivity index (χ0n) is 27.0. The molecule has 4 rings (SSSR count). The second-order valence-corrected chi connectivity index (χ2v) is 14.0. The van der Waals surface area contributed by atoms with E-state index in [9.17, 15) is 18.0 Å². The van der Waals surface area contributed by atoms with E-state index in [1.54, 1.807) is 13.1 Å². The number of hydrogen-bond donors (Lipinski definition) is 2. The Morgan fingerprint density at radius 2 is 1.71 bits per heavy atom. The van der Waals surface area contributed by atoms with Crippen molar-refractivity contribution in [3.05, 3.63) is 65.2 Å². The Kier molecular flexibility index (Phi) is 11.3. The van der Waals surface area contributed by atoms with Gasteiger partial charge in [-0.05, 0) is 82.2 Å². The summed E-state index contributed by atoms with van der Waals surface area (Å²) >= 11 is 0. The summed E-state index contributed by atoms with van der Waals surface area (Å²) in [6, 6.07) is 13.8. The first-order valence-electron chi connectivity index (χ1n) is 15.5. The van der Waals surface area contributed by atoms with E-state index in [2.05, 4.69) is 45.8 Å². The van der Waals surface area contributed by atoms with Crippen LogP contribution in [0.4, 0.5) is 5.95 Å². The highest BCUT2D eigenvalue weighted by molar-refractivity contribution is 7.92. The quantitative estimate of drug-likeness (QED) is 0.239. The molecule has 10 nitrogen and oxygen atoms in total. The Bertz CT molecular complexity index is 1580. The predicted octanol–water partition coefficient (Wildman–Crippen LogP) is 5.40. The van der Waals surface area contributed by atoms with Crippen molar-refractivity contribution < 1.29 is 22.7 Å². The molecule has 1 aliphatic carbocycles. The number of aromatic nitrogens is 2. The summed E-state index contributed by atoms with van der Waals surface area (Å²) in [5, 5.41) is 2.78. The smallest absolute Gasteiger partial charge is 0.264 e. The molecule has 1 aromatic heterocycles. The van der Waals surface area contributed by atoms with Crippen LogP contribution in [0.15, 0.2) is 53.4 Å². The molecule has 0 bridgehead atoms. The van der Waals surface area contributed by atoms with Crippen molar-refractivity contribution in [1.82, 2.24) is 20.2 Å². The van der Waals surface area contributed by atoms with Gasteiger partial charge in [0.15, 0.2) is 0 Å². The van der Waals surface area contributed by atoms with Crippen molar-refractivity contribution in [3.8, 4) is 17.1 Å². The van der Waals surface area contributed by atoms with Crippen LogP contribution in [0.2, 0.25) is 0 Å². The molecule has 3 aromatic rings. The fourth-order valence-corrected chi connectivity index (χ4v) is 7.15. The first-order valence-corrected chi connectivity index (χ1v) is 17.0. The number of ether oxygens (including phenoxy) is 1. The van der Waals surface area contributed by atoms with Gasteiger partial charge in [-0.1, -0.05) is 44.2 Å². The predicted molar refractivity (Wildman–Crippen MR) is 176 cm³/mol. The molecule has 0 radical (unpaired) electrons. The summed E-state index contributed by atoms with van der Waals surface area (Å²) in [5.41, 5.74) is 3.62. The van der Waals surface area contributed by atoms with Crippen LogP contribution in [0, 0.1) is 25.7 Å². The molecule has 1 fully saturated rings. The van der Waals surface area contributed by atoms with E-state index in [1.165, 1.54) is 24.3 Å². The van der Waals surface area contributed by atoms with Gasteiger partial charge >= 0.3 is 0 Å². The van der Waals surface area contributed by atoms with Crippen molar-refractivity contribution in [3.63, 3.8) is 0 Å². The third-order valence-electron chi connectivity index (χ3n) is 8.60. The SMILES string of the molecule is CNC(=O)C1CCC(N(C)[C@@H](COc2cc(-c3c(C)cccc3C)nc(NS(=O)(=O)c3cccc(C=O)c3)n2)CC(C)C)CC1. The maximum absolute atomic E-state index is 13.3. The summed E-state index contributed by atoms with van der Waals surface area (Å²) in [4.78, 5) is 34.8. The highest BCUT2D eigenvalue weighted by Gasteiger charge is 2.31. The van der Waals surface area contributed by atoms with Gasteiger partial charge in [0, 0.05) is 42.2 Å². The highest BCUT2D eigenvalue weighted by atomic mass is 32.2. The number of nitrogens with one attached hydrogen (secondary N) is 2. The molecule has 0 aliphatic heterocycles. The third kappa shape index (κ3) is 8.67. The number of anilines is 1. The molecule has 1 amide bonds. The van der Waals surface area contributed by atoms with Gasteiger partial charge in [0.05, 0.1) is 10.6 Å². The van der Waals surface area contributed by atoms with E-state index in [0.717, 1.165) is 48.8 Å². The number of amides is 1. The Labute approximate surface area is 267 Å². The third-order valence-corrected chi connectivity index (χ3v) is 9.93. The van der Waals surface area contributed by atoms with Gasteiger partial charge in [-0.2, -0.15) is 4.98 Å². The standard InChI is InChI=1S/C34H45N5O5S/c1-22(2)17-28(39(6)27-15-13-26(14-16-27)33(41)35-5)21-44-31-19-30(32-23(3)9-7-10-24(32)4)36-34(37-31)38-45(42,43)29-12-8-11-25(18-29)20-40/h7-12,18-20,22,26-28H,13-17,21H2,1-6H3,(H,35,41)(H,36,37,38)/t26?,27?,28-/m1/s1. The minimum absolute atomic E-state index is 0.0619. The van der Waals surface area contributed by atoms with E-state index < -0.39 is 10.0 Å². The minimum atomic E-state index is -4.10. The average molecular weight is 636 g/mol. The fraction of sp³-hybridized carbons (Fsp3) is 0.471. The lowest BCUT2D eigenvalue weighted by atomic mass is 9.84. The molecule has 2 aromatic carbocycles. The topological polar surface area (TPSA) is 131 Å². The number of carbonyl (C=O) groups is 2. The number of sulfonamides is 1. The van der Waals surface area contributed by atoms with Gasteiger partial charge in [0.1, 0.15) is 12.9 Å². The van der Waals surface area contributed by atoms with Crippen LogP contribution in [0.3, 0.4) is 0 Å². The Morgan fingerprint density at radius 1 is 1.04 bits per heavy atom. The molecule has 1 heterocycles. The summed E-state index contributed by atoms with van der Waals surface area (Å²) in [7, 11) is -0.283. The number of rotatable bonds is 13. The van der Waals surface area contributed by atoms with Gasteiger partial charge in [-0.15, -0.1) is 0 Å². The second-order valence-electron chi connectivity index (χ2n) is 12.4. The minimum Gasteiger partial charge on any atom is -0.476 e. The van der Waals surface area contributed by atoms with Crippen molar-refractivity contribution in [2.45, 2.75) is 76.8 Å². The summed E-state index contributed by atoms with van der Waals surface area (Å²) in [5.74, 6) is 0.732. The number of nitrogens with zero attached hydrogens (tertiary/aromatic N) is 3. The highest BCUT2D eigenvalue weighted by Crippen LogP contribution is 2.31. The molecule has 2 N–H and O–H groups in total. The van der Waals surface area contributed by atoms with Crippen molar-refractivity contribution in [2.24, 2.45) is 11.8 Å². The normalized spacial score (nSPS) is 17.6. The Hall–Kier alpha value is -3.83. The maximum atomic E-state index is 13.3. The molecular formula is C34H45N5O5S. The molecule has 0 spiro atoms. The van der Waals surface area contributed by atoms with Crippen LogP contribution in [0.1, 0.15) is 67.4 Å². The summed E-state index contributed by atoms with van der Waals surface area (Å²) in [6.07, 6.45) is 5.08. The molecule has 0 unspecified atom stereocenters. The van der Waals surface area contributed by atoms with E-state index in [1.807, 2.05) is 32.0 Å². The summed E-state index contributed by atoms with van der Waals surface area (Å²) in [6.45, 7) is 8.67. The molecule has 242 valence electrons. The van der Waals surface area contributed by atoms with E-state index >= 15 is 0 Å². The van der Waals surface area contributed by atoms with Crippen LogP contribution >= 0.6 is 0 Å². The average Bonchev–Trinajstić information content (AvgIpc) is 3.02. The van der Waals surface area contributed by atoms with Gasteiger partial charge in [0.25, 0.3) is 10.0 Å². The lowest BCUT2D eigenvalue weighted by Crippen LogP contribution is -2.46. The number of aldehydes is 1. The second kappa shape index (κ2) is 15.0. The number of carbonyl (C=O) groups excluding carboxylic acids is 2. The fourth-order valence-electron chi connectivity index (χ4n) is 6.15. The lowest BCUT2D eigenvalue weighted by Gasteiger charge is -2.39. The van der Waals surface area contributed by atoms with Gasteiger partial charge in [0.2, 0.25) is 17.7 Å². The van der Waals surface area contributed by atoms with Crippen molar-refractivity contribution >= 4 is 28.2 Å². The Balaban J connectivity index is 1.62. The molecule has 0 saturated heterocycles. The van der Waals surface area contributed by atoms with E-state index in [-0.39, 0.29) is 40.2 Å². The molecule has 1 saturated carbocycles. The van der Waals surface area contributed by atoms with Crippen molar-refractivity contribution in [1.29, 1.82) is 0 Å². The van der Waals surface area contributed by atoms with Crippen LogP contribution in [0.25, 0.3) is 11.3 Å². The Morgan fingerprint density at radius 3 is 2.33 bits per heavy atom. The van der Waals surface area contributed by atoms with E-state index in [0.29, 0.717) is 30.5 Å². The van der Waals surface area contributed by atoms with Crippen LogP contribution in [-0.4, -0.2) is 68.3 Å². The number of aryl methyl sites for hydroxylation is 2. The molecule has 1 atom stereocenters. The lowest BCUT2D eigenvalue weighted by molar-refractivity contribution is -0.125. The van der Waals surface area contributed by atoms with Crippen molar-refractivity contribution in [2.75, 3.05) is 25.4 Å². The van der Waals surface area contributed by atoms with Gasteiger partial charge in [-0.25, -0.2) is 18.1 Å². The zero-order chi connectivity index (χ0) is 32.7. The first kappa shape index (κ1) is 34.1. The zero-order valence-corrected chi connectivity index (χ0v) is 27.9. The molecule has 1 aliphatic rings. The monoisotopic (exact) mass is 635 g/mol. The number of hydrogen-bond acceptors (Lipinski definition) is 8. The number of benzene rings is 2. The molecule has 11 heteroatoms. The first-order chi connectivity index (χ1) is 21.4. The molecular weight excluding hydrogens is 590 g/mol. The van der Waals surface area contributed by atoms with E-state index in [4.69, 9.17) is 4.74 Å². The van der Waals surface area contributed by atoms with Crippen LogP contribution < -0.4 is 14.8 Å². The van der Waals surface area contributed by atoms with Crippen LogP contribution in [-0.2, 0) is 14.8 Å². The van der Waals surface area contributed by atoms with Crippen LogP contribution in [0.5, 0.6) is 5.88 Å². The summed E-state index contributed by atoms with van der Waals surface area (Å²) < 4.78 is 35.5. The van der Waals surface area contributed by atoms with Gasteiger partial charge in [-0.3, -0.25) is 14.5 Å². The van der Waals surface area contributed by atoms with Gasteiger partial charge < -0.3 is 10.1 Å². The number of likely N-dealkylation sites (N-methyl/N-ethyl adjacent to an activating group) is 1.